The van der Waals surface area contributed by atoms with E-state index in [1.54, 1.807) is 19.1 Å². The first-order valence-electron chi connectivity index (χ1n) is 9.25. The number of hydrogen-bond acceptors (Lipinski definition) is 4. The Balaban J connectivity index is 1.80. The van der Waals surface area contributed by atoms with Gasteiger partial charge >= 0.3 is 0 Å². The summed E-state index contributed by atoms with van der Waals surface area (Å²) >= 11 is 0. The molecule has 0 aromatic heterocycles. The van der Waals surface area contributed by atoms with E-state index in [-0.39, 0.29) is 24.8 Å². The Labute approximate surface area is 166 Å². The van der Waals surface area contributed by atoms with E-state index in [0.29, 0.717) is 17.4 Å². The molecule has 0 heterocycles. The number of carbonyl (C=O) groups excluding carboxylic acids is 2. The van der Waals surface area contributed by atoms with Crippen molar-refractivity contribution >= 4 is 23.2 Å². The Morgan fingerprint density at radius 2 is 1.71 bits per heavy atom. The number of rotatable bonds is 8. The summed E-state index contributed by atoms with van der Waals surface area (Å²) in [5, 5.41) is 6.87. The first-order valence-corrected chi connectivity index (χ1v) is 9.25. The SMILES string of the molecule is C/C(CC(=O)Nc1ccccc1C(C)C)=N\NC(=O)COc1ccc(C)cc1. The summed E-state index contributed by atoms with van der Waals surface area (Å²) in [6.07, 6.45) is 0.0888. The van der Waals surface area contributed by atoms with Crippen LogP contribution in [-0.2, 0) is 9.59 Å². The number of anilines is 1. The molecule has 2 amide bonds. The van der Waals surface area contributed by atoms with Gasteiger partial charge in [0, 0.05) is 11.4 Å². The molecule has 0 aliphatic carbocycles. The van der Waals surface area contributed by atoms with Crippen LogP contribution in [0.1, 0.15) is 44.2 Å². The molecule has 2 rings (SSSR count). The second kappa shape index (κ2) is 10.3. The topological polar surface area (TPSA) is 79.8 Å². The van der Waals surface area contributed by atoms with Crippen molar-refractivity contribution in [2.45, 2.75) is 40.0 Å². The molecule has 6 nitrogen and oxygen atoms in total. The van der Waals surface area contributed by atoms with Gasteiger partial charge < -0.3 is 10.1 Å². The number of hydrazone groups is 1. The standard InChI is InChI=1S/C22H27N3O3/c1-15(2)19-7-5-6-8-20(19)23-21(26)13-17(4)24-25-22(27)14-28-18-11-9-16(3)10-12-18/h5-12,15H,13-14H2,1-4H3,(H,23,26)(H,25,27)/b24-17+. The van der Waals surface area contributed by atoms with E-state index in [2.05, 4.69) is 29.7 Å². The van der Waals surface area contributed by atoms with E-state index in [1.807, 2.05) is 43.3 Å². The number of benzene rings is 2. The van der Waals surface area contributed by atoms with Crippen LogP contribution in [0.15, 0.2) is 53.6 Å². The fraction of sp³-hybridized carbons (Fsp3) is 0.318. The predicted octanol–water partition coefficient (Wildman–Crippen LogP) is 4.02. The van der Waals surface area contributed by atoms with Gasteiger partial charge in [0.05, 0.1) is 6.42 Å². The Kier molecular flexibility index (Phi) is 7.75. The zero-order valence-corrected chi connectivity index (χ0v) is 16.8. The molecule has 148 valence electrons. The zero-order valence-electron chi connectivity index (χ0n) is 16.8. The normalized spacial score (nSPS) is 11.2. The highest BCUT2D eigenvalue weighted by molar-refractivity contribution is 6.06. The van der Waals surface area contributed by atoms with E-state index in [0.717, 1.165) is 16.8 Å². The molecule has 0 saturated heterocycles. The van der Waals surface area contributed by atoms with Crippen LogP contribution in [0, 0.1) is 6.92 Å². The van der Waals surface area contributed by atoms with Crippen molar-refractivity contribution in [1.82, 2.24) is 5.43 Å². The third kappa shape index (κ3) is 6.87. The Morgan fingerprint density at radius 1 is 1.04 bits per heavy atom. The molecule has 0 aliphatic rings. The highest BCUT2D eigenvalue weighted by atomic mass is 16.5. The smallest absolute Gasteiger partial charge is 0.277 e. The fourth-order valence-corrected chi connectivity index (χ4v) is 2.55. The lowest BCUT2D eigenvalue weighted by atomic mass is 10.0. The van der Waals surface area contributed by atoms with Crippen LogP contribution in [0.2, 0.25) is 0 Å². The lowest BCUT2D eigenvalue weighted by molar-refractivity contribution is -0.123. The van der Waals surface area contributed by atoms with Gasteiger partial charge in [-0.05, 0) is 43.5 Å². The van der Waals surface area contributed by atoms with E-state index in [1.165, 1.54) is 0 Å². The summed E-state index contributed by atoms with van der Waals surface area (Å²) in [5.41, 5.74) is 5.90. The number of amides is 2. The molecule has 0 unspecified atom stereocenters. The number of ether oxygens (including phenoxy) is 1. The van der Waals surface area contributed by atoms with Crippen LogP contribution in [0.25, 0.3) is 0 Å². The molecule has 0 atom stereocenters. The number of para-hydroxylation sites is 1. The minimum Gasteiger partial charge on any atom is -0.484 e. The zero-order chi connectivity index (χ0) is 20.5. The molecule has 28 heavy (non-hydrogen) atoms. The Hall–Kier alpha value is -3.15. The number of nitrogens with zero attached hydrogens (tertiary/aromatic N) is 1. The fourth-order valence-electron chi connectivity index (χ4n) is 2.55. The maximum Gasteiger partial charge on any atom is 0.277 e. The highest BCUT2D eigenvalue weighted by Crippen LogP contribution is 2.23. The van der Waals surface area contributed by atoms with Gasteiger partial charge in [-0.15, -0.1) is 0 Å². The van der Waals surface area contributed by atoms with E-state index in [9.17, 15) is 9.59 Å². The Bertz CT molecular complexity index is 842. The molecule has 6 heteroatoms. The van der Waals surface area contributed by atoms with Crippen molar-refractivity contribution in [1.29, 1.82) is 0 Å². The van der Waals surface area contributed by atoms with Gasteiger partial charge in [0.15, 0.2) is 6.61 Å². The van der Waals surface area contributed by atoms with Gasteiger partial charge in [-0.2, -0.15) is 5.10 Å². The lowest BCUT2D eigenvalue weighted by Crippen LogP contribution is -2.26. The van der Waals surface area contributed by atoms with Gasteiger partial charge in [0.1, 0.15) is 5.75 Å². The van der Waals surface area contributed by atoms with Crippen molar-refractivity contribution in [2.75, 3.05) is 11.9 Å². The quantitative estimate of drug-likeness (QED) is 0.535. The van der Waals surface area contributed by atoms with Crippen LogP contribution in [-0.4, -0.2) is 24.1 Å². The summed E-state index contributed by atoms with van der Waals surface area (Å²) in [4.78, 5) is 24.1. The first-order chi connectivity index (χ1) is 13.3. The monoisotopic (exact) mass is 381 g/mol. The molecule has 2 N–H and O–H groups in total. The second-order valence-electron chi connectivity index (χ2n) is 6.95. The number of hydrogen-bond donors (Lipinski definition) is 2. The minimum absolute atomic E-state index is 0.0888. The summed E-state index contributed by atoms with van der Waals surface area (Å²) in [5.74, 6) is 0.355. The number of nitrogens with one attached hydrogen (secondary N) is 2. The summed E-state index contributed by atoms with van der Waals surface area (Å²) in [6.45, 7) is 7.67. The molecule has 0 fully saturated rings. The first kappa shape index (κ1) is 21.2. The molecule has 0 radical (unpaired) electrons. The highest BCUT2D eigenvalue weighted by Gasteiger charge is 2.10. The molecular formula is C22H27N3O3. The van der Waals surface area contributed by atoms with E-state index >= 15 is 0 Å². The van der Waals surface area contributed by atoms with Crippen molar-refractivity contribution in [3.05, 3.63) is 59.7 Å². The van der Waals surface area contributed by atoms with Crippen molar-refractivity contribution in [3.8, 4) is 5.75 Å². The maximum absolute atomic E-state index is 12.3. The van der Waals surface area contributed by atoms with E-state index < -0.39 is 0 Å². The van der Waals surface area contributed by atoms with Crippen LogP contribution in [0.3, 0.4) is 0 Å². The van der Waals surface area contributed by atoms with E-state index in [4.69, 9.17) is 4.74 Å². The third-order valence-electron chi connectivity index (χ3n) is 4.04. The van der Waals surface area contributed by atoms with Crippen LogP contribution < -0.4 is 15.5 Å². The van der Waals surface area contributed by atoms with Crippen LogP contribution in [0.5, 0.6) is 5.75 Å². The van der Waals surface area contributed by atoms with Crippen molar-refractivity contribution in [2.24, 2.45) is 5.10 Å². The van der Waals surface area contributed by atoms with Crippen molar-refractivity contribution < 1.29 is 14.3 Å². The Morgan fingerprint density at radius 3 is 2.39 bits per heavy atom. The van der Waals surface area contributed by atoms with Crippen LogP contribution >= 0.6 is 0 Å². The largest absolute Gasteiger partial charge is 0.484 e. The van der Waals surface area contributed by atoms with Crippen LogP contribution in [0.4, 0.5) is 5.69 Å². The lowest BCUT2D eigenvalue weighted by Gasteiger charge is -2.13. The van der Waals surface area contributed by atoms with Gasteiger partial charge in [-0.25, -0.2) is 5.43 Å². The predicted molar refractivity (Wildman–Crippen MR) is 112 cm³/mol. The molecule has 0 spiro atoms. The molecule has 2 aromatic carbocycles. The van der Waals surface area contributed by atoms with Gasteiger partial charge in [0.25, 0.3) is 5.91 Å². The third-order valence-corrected chi connectivity index (χ3v) is 4.04. The molecule has 0 bridgehead atoms. The average Bonchev–Trinajstić information content (AvgIpc) is 2.66. The van der Waals surface area contributed by atoms with Gasteiger partial charge in [0.2, 0.25) is 5.91 Å². The molecule has 0 aliphatic heterocycles. The maximum atomic E-state index is 12.3. The molecule has 0 saturated carbocycles. The van der Waals surface area contributed by atoms with Crippen molar-refractivity contribution in [3.63, 3.8) is 0 Å². The van der Waals surface area contributed by atoms with Gasteiger partial charge in [-0.1, -0.05) is 49.7 Å². The number of carbonyl (C=O) groups is 2. The molecular weight excluding hydrogens is 354 g/mol. The summed E-state index contributed by atoms with van der Waals surface area (Å²) < 4.78 is 5.39. The molecule has 2 aromatic rings. The summed E-state index contributed by atoms with van der Waals surface area (Å²) in [6, 6.07) is 15.1. The summed E-state index contributed by atoms with van der Waals surface area (Å²) in [7, 11) is 0. The van der Waals surface area contributed by atoms with Gasteiger partial charge in [-0.3, -0.25) is 9.59 Å². The minimum atomic E-state index is -0.384. The average molecular weight is 381 g/mol. The number of aryl methyl sites for hydroxylation is 1. The second-order valence-corrected chi connectivity index (χ2v) is 6.95.